The van der Waals surface area contributed by atoms with Crippen LogP contribution in [0.2, 0.25) is 0 Å². The molecule has 3 rings (SSSR count). The van der Waals surface area contributed by atoms with Crippen LogP contribution in [-0.2, 0) is 16.6 Å². The Balaban J connectivity index is 2.20. The molecule has 2 N–H and O–H groups in total. The Kier molecular flexibility index (Phi) is 3.65. The first-order valence-corrected chi connectivity index (χ1v) is 7.40. The van der Waals surface area contributed by atoms with Crippen molar-refractivity contribution in [3.05, 3.63) is 46.4 Å². The molecule has 1 aliphatic heterocycles. The lowest BCUT2D eigenvalue weighted by Crippen LogP contribution is -2.52. The van der Waals surface area contributed by atoms with Crippen LogP contribution in [0.25, 0.3) is 5.69 Å². The third-order valence-corrected chi connectivity index (χ3v) is 4.20. The summed E-state index contributed by atoms with van der Waals surface area (Å²) in [6, 6.07) is 8.30. The van der Waals surface area contributed by atoms with Crippen LogP contribution >= 0.6 is 0 Å². The minimum atomic E-state index is -0.753. The normalized spacial score (nSPS) is 18.6. The highest BCUT2D eigenvalue weighted by Crippen LogP contribution is 2.23. The SMILES string of the molecule is Cc1c(N2C(=O)CC[C@H](N)C2=O)c(=O)n(-c2ccccc2)n1C. The lowest BCUT2D eigenvalue weighted by Gasteiger charge is -2.27. The second-order valence-corrected chi connectivity index (χ2v) is 5.62. The number of benzene rings is 1. The molecule has 2 heterocycles. The monoisotopic (exact) mass is 314 g/mol. The number of nitrogens with two attached hydrogens (primary N) is 1. The second-order valence-electron chi connectivity index (χ2n) is 5.62. The number of amides is 2. The van der Waals surface area contributed by atoms with Crippen molar-refractivity contribution < 1.29 is 9.59 Å². The first kappa shape index (κ1) is 15.2. The minimum Gasteiger partial charge on any atom is -0.320 e. The van der Waals surface area contributed by atoms with Crippen LogP contribution in [-0.4, -0.2) is 27.2 Å². The van der Waals surface area contributed by atoms with Gasteiger partial charge >= 0.3 is 0 Å². The number of carbonyl (C=O) groups excluding carboxylic acids is 2. The van der Waals surface area contributed by atoms with E-state index in [2.05, 4.69) is 0 Å². The van der Waals surface area contributed by atoms with Gasteiger partial charge in [-0.2, -0.15) is 0 Å². The molecule has 2 amide bonds. The topological polar surface area (TPSA) is 90.3 Å². The van der Waals surface area contributed by atoms with E-state index in [9.17, 15) is 14.4 Å². The third kappa shape index (κ3) is 2.29. The van der Waals surface area contributed by atoms with E-state index >= 15 is 0 Å². The molecule has 7 heteroatoms. The maximum Gasteiger partial charge on any atom is 0.296 e. The summed E-state index contributed by atoms with van der Waals surface area (Å²) >= 11 is 0. The number of aromatic nitrogens is 2. The summed E-state index contributed by atoms with van der Waals surface area (Å²) < 4.78 is 3.07. The number of carbonyl (C=O) groups is 2. The van der Waals surface area contributed by atoms with Gasteiger partial charge in [-0.15, -0.1) is 0 Å². The summed E-state index contributed by atoms with van der Waals surface area (Å²) in [6.45, 7) is 1.71. The number of nitrogens with zero attached hydrogens (tertiary/aromatic N) is 3. The van der Waals surface area contributed by atoms with Gasteiger partial charge in [-0.05, 0) is 25.5 Å². The number of imide groups is 1. The van der Waals surface area contributed by atoms with Crippen LogP contribution in [0, 0.1) is 6.92 Å². The van der Waals surface area contributed by atoms with Crippen LogP contribution in [0.3, 0.4) is 0 Å². The van der Waals surface area contributed by atoms with E-state index < -0.39 is 17.5 Å². The van der Waals surface area contributed by atoms with E-state index in [4.69, 9.17) is 5.73 Å². The zero-order valence-electron chi connectivity index (χ0n) is 13.0. The van der Waals surface area contributed by atoms with E-state index in [1.807, 2.05) is 18.2 Å². The number of rotatable bonds is 2. The van der Waals surface area contributed by atoms with E-state index in [0.717, 1.165) is 4.90 Å². The van der Waals surface area contributed by atoms with Crippen LogP contribution in [0.4, 0.5) is 5.69 Å². The number of hydrogen-bond acceptors (Lipinski definition) is 4. The number of hydrogen-bond donors (Lipinski definition) is 1. The molecule has 0 aliphatic carbocycles. The molecule has 1 aromatic carbocycles. The fourth-order valence-corrected chi connectivity index (χ4v) is 2.85. The summed E-state index contributed by atoms with van der Waals surface area (Å²) in [7, 11) is 1.71. The van der Waals surface area contributed by atoms with Crippen LogP contribution in [0.5, 0.6) is 0 Å². The molecule has 0 spiro atoms. The largest absolute Gasteiger partial charge is 0.320 e. The van der Waals surface area contributed by atoms with Gasteiger partial charge in [0.1, 0.15) is 5.69 Å². The predicted octanol–water partition coefficient (Wildman–Crippen LogP) is 0.465. The Morgan fingerprint density at radius 1 is 1.13 bits per heavy atom. The van der Waals surface area contributed by atoms with Gasteiger partial charge in [0, 0.05) is 13.5 Å². The molecular weight excluding hydrogens is 296 g/mol. The standard InChI is InChI=1S/C16H18N4O3/c1-10-14(19-13(21)9-8-12(17)15(19)22)16(23)20(18(10)2)11-6-4-3-5-7-11/h3-7,12H,8-9,17H2,1-2H3/t12-/m0/s1. The molecule has 2 aromatic rings. The number of piperidine rings is 1. The number of para-hydroxylation sites is 1. The van der Waals surface area contributed by atoms with E-state index in [1.54, 1.807) is 30.8 Å². The zero-order chi connectivity index (χ0) is 16.7. The van der Waals surface area contributed by atoms with Crippen LogP contribution in [0.15, 0.2) is 35.1 Å². The Labute approximate surface area is 132 Å². The highest BCUT2D eigenvalue weighted by atomic mass is 16.2. The predicted molar refractivity (Wildman–Crippen MR) is 85.4 cm³/mol. The highest BCUT2D eigenvalue weighted by molar-refractivity contribution is 6.18. The van der Waals surface area contributed by atoms with Crippen molar-refractivity contribution in [2.24, 2.45) is 12.8 Å². The molecule has 1 aromatic heterocycles. The number of anilines is 1. The van der Waals surface area contributed by atoms with Gasteiger partial charge in [-0.3, -0.25) is 19.1 Å². The van der Waals surface area contributed by atoms with Crippen molar-refractivity contribution in [3.63, 3.8) is 0 Å². The summed E-state index contributed by atoms with van der Waals surface area (Å²) in [5.41, 5.74) is 6.64. The third-order valence-electron chi connectivity index (χ3n) is 4.20. The van der Waals surface area contributed by atoms with E-state index in [0.29, 0.717) is 17.8 Å². The molecule has 1 aliphatic rings. The van der Waals surface area contributed by atoms with E-state index in [1.165, 1.54) is 4.68 Å². The molecule has 120 valence electrons. The van der Waals surface area contributed by atoms with Crippen LogP contribution in [0.1, 0.15) is 18.5 Å². The summed E-state index contributed by atoms with van der Waals surface area (Å²) in [5, 5.41) is 0. The molecule has 0 radical (unpaired) electrons. The lowest BCUT2D eigenvalue weighted by atomic mass is 10.0. The maximum absolute atomic E-state index is 12.9. The van der Waals surface area contributed by atoms with Crippen molar-refractivity contribution in [1.82, 2.24) is 9.36 Å². The molecule has 0 saturated carbocycles. The molecule has 0 unspecified atom stereocenters. The van der Waals surface area contributed by atoms with Gasteiger partial charge in [-0.25, -0.2) is 9.58 Å². The fraction of sp³-hybridized carbons (Fsp3) is 0.312. The zero-order valence-corrected chi connectivity index (χ0v) is 13.0. The van der Waals surface area contributed by atoms with Gasteiger partial charge in [0.05, 0.1) is 17.4 Å². The first-order valence-electron chi connectivity index (χ1n) is 7.40. The van der Waals surface area contributed by atoms with E-state index in [-0.39, 0.29) is 18.0 Å². The minimum absolute atomic E-state index is 0.0847. The first-order chi connectivity index (χ1) is 10.9. The molecule has 0 bridgehead atoms. The molecule has 1 fully saturated rings. The quantitative estimate of drug-likeness (QED) is 0.816. The molecule has 7 nitrogen and oxygen atoms in total. The van der Waals surface area contributed by atoms with Crippen molar-refractivity contribution in [2.75, 3.05) is 4.90 Å². The van der Waals surface area contributed by atoms with Crippen molar-refractivity contribution in [2.45, 2.75) is 25.8 Å². The molecule has 23 heavy (non-hydrogen) atoms. The lowest BCUT2D eigenvalue weighted by molar-refractivity contribution is -0.130. The Morgan fingerprint density at radius 2 is 1.78 bits per heavy atom. The summed E-state index contributed by atoms with van der Waals surface area (Å²) in [6.07, 6.45) is 0.471. The Hall–Kier alpha value is -2.67. The summed E-state index contributed by atoms with van der Waals surface area (Å²) in [4.78, 5) is 38.3. The average Bonchev–Trinajstić information content (AvgIpc) is 2.76. The van der Waals surface area contributed by atoms with Gasteiger partial charge in [0.2, 0.25) is 5.91 Å². The average molecular weight is 314 g/mol. The molecule has 1 atom stereocenters. The van der Waals surface area contributed by atoms with Gasteiger partial charge in [-0.1, -0.05) is 18.2 Å². The van der Waals surface area contributed by atoms with Crippen molar-refractivity contribution >= 4 is 17.5 Å². The van der Waals surface area contributed by atoms with Gasteiger partial charge in [0.15, 0.2) is 0 Å². The smallest absolute Gasteiger partial charge is 0.296 e. The fourth-order valence-electron chi connectivity index (χ4n) is 2.85. The summed E-state index contributed by atoms with van der Waals surface area (Å²) in [5.74, 6) is -0.907. The van der Waals surface area contributed by atoms with Gasteiger partial charge in [0.25, 0.3) is 11.5 Å². The van der Waals surface area contributed by atoms with Crippen molar-refractivity contribution in [1.29, 1.82) is 0 Å². The van der Waals surface area contributed by atoms with Crippen molar-refractivity contribution in [3.8, 4) is 5.69 Å². The highest BCUT2D eigenvalue weighted by Gasteiger charge is 2.37. The Bertz CT molecular complexity index is 835. The molecular formula is C16H18N4O3. The molecule has 1 saturated heterocycles. The maximum atomic E-state index is 12.9. The Morgan fingerprint density at radius 3 is 2.43 bits per heavy atom. The van der Waals surface area contributed by atoms with Crippen LogP contribution < -0.4 is 16.2 Å². The second kappa shape index (κ2) is 5.51. The van der Waals surface area contributed by atoms with Gasteiger partial charge < -0.3 is 5.73 Å².